The average Bonchev–Trinajstić information content (AvgIpc) is 1.64. The number of nitrogens with zero attached hydrogens (tertiary/aromatic N) is 1. The quantitative estimate of drug-likeness (QED) is 0.428. The van der Waals surface area contributed by atoms with Crippen molar-refractivity contribution in [3.8, 4) is 0 Å². The first-order chi connectivity index (χ1) is 3.79. The van der Waals surface area contributed by atoms with Crippen molar-refractivity contribution < 1.29 is 24.8 Å². The van der Waals surface area contributed by atoms with Crippen molar-refractivity contribution >= 4 is 43.6 Å². The molecule has 0 bridgehead atoms. The Bertz CT molecular complexity index is 241. The van der Waals surface area contributed by atoms with Crippen LogP contribution < -0.4 is 36.2 Å². The summed E-state index contributed by atoms with van der Waals surface area (Å²) in [5.41, 5.74) is 4.75. The molecule has 0 amide bonds. The maximum absolute atomic E-state index is 10.2. The van der Waals surface area contributed by atoms with Crippen LogP contribution in [0.4, 0.5) is 5.82 Å². The van der Waals surface area contributed by atoms with E-state index in [0.717, 1.165) is 0 Å². The SMILES string of the molecule is Nc1ccnc(=O)[nH]1.[Ca+2].[Cl-].[Cl-]. The summed E-state index contributed by atoms with van der Waals surface area (Å²) >= 11 is 0. The van der Waals surface area contributed by atoms with Gasteiger partial charge in [-0.3, -0.25) is 4.98 Å². The molecule has 58 valence electrons. The van der Waals surface area contributed by atoms with E-state index in [4.69, 9.17) is 5.73 Å². The smallest absolute Gasteiger partial charge is 1.00 e. The van der Waals surface area contributed by atoms with E-state index in [0.29, 0.717) is 5.82 Å². The van der Waals surface area contributed by atoms with Crippen LogP contribution in [0.25, 0.3) is 0 Å². The number of nitrogens with one attached hydrogen (secondary N) is 1. The second-order valence-corrected chi connectivity index (χ2v) is 1.33. The summed E-state index contributed by atoms with van der Waals surface area (Å²) in [4.78, 5) is 15.9. The Hall–Kier alpha value is 0.520. The molecule has 0 spiro atoms. The van der Waals surface area contributed by atoms with Crippen LogP contribution >= 0.6 is 0 Å². The van der Waals surface area contributed by atoms with Crippen LogP contribution in [0.5, 0.6) is 0 Å². The van der Waals surface area contributed by atoms with Crippen LogP contribution in [0, 0.1) is 0 Å². The minimum Gasteiger partial charge on any atom is -1.00 e. The Morgan fingerprint density at radius 1 is 1.45 bits per heavy atom. The van der Waals surface area contributed by atoms with Crippen LogP contribution in [-0.2, 0) is 0 Å². The minimum absolute atomic E-state index is 0. The normalized spacial score (nSPS) is 6.55. The molecule has 0 atom stereocenters. The monoisotopic (exact) mass is 221 g/mol. The van der Waals surface area contributed by atoms with Gasteiger partial charge >= 0.3 is 43.4 Å². The van der Waals surface area contributed by atoms with Gasteiger partial charge < -0.3 is 30.5 Å². The first-order valence-electron chi connectivity index (χ1n) is 2.10. The number of nitrogens with two attached hydrogens (primary N) is 1. The molecular formula is C4H5CaCl2N3O. The van der Waals surface area contributed by atoms with Crippen LogP contribution in [0.2, 0.25) is 0 Å². The first kappa shape index (κ1) is 17.6. The summed E-state index contributed by atoms with van der Waals surface area (Å²) in [5.74, 6) is 0.338. The van der Waals surface area contributed by atoms with Crippen LogP contribution in [0.3, 0.4) is 0 Å². The van der Waals surface area contributed by atoms with Gasteiger partial charge in [-0.15, -0.1) is 0 Å². The molecule has 0 aliphatic heterocycles. The third-order valence-electron chi connectivity index (χ3n) is 0.697. The molecule has 11 heavy (non-hydrogen) atoms. The maximum Gasteiger partial charge on any atom is 2.00 e. The molecule has 4 nitrogen and oxygen atoms in total. The molecule has 0 radical (unpaired) electrons. The number of rotatable bonds is 0. The second kappa shape index (κ2) is 8.61. The molecule has 0 aromatic carbocycles. The number of hydrogen-bond acceptors (Lipinski definition) is 3. The first-order valence-corrected chi connectivity index (χ1v) is 2.10. The van der Waals surface area contributed by atoms with Crippen molar-refractivity contribution in [1.29, 1.82) is 0 Å². The molecule has 0 aliphatic rings. The van der Waals surface area contributed by atoms with E-state index >= 15 is 0 Å². The number of H-pyrrole nitrogens is 1. The third kappa shape index (κ3) is 6.90. The maximum atomic E-state index is 10.2. The zero-order valence-corrected chi connectivity index (χ0v) is 9.27. The summed E-state index contributed by atoms with van der Waals surface area (Å²) in [6.07, 6.45) is 1.36. The van der Waals surface area contributed by atoms with E-state index in [-0.39, 0.29) is 62.6 Å². The molecule has 1 rings (SSSR count). The van der Waals surface area contributed by atoms with Gasteiger partial charge in [0.2, 0.25) is 0 Å². The van der Waals surface area contributed by atoms with E-state index in [1.165, 1.54) is 12.3 Å². The van der Waals surface area contributed by atoms with E-state index in [2.05, 4.69) is 9.97 Å². The summed E-state index contributed by atoms with van der Waals surface area (Å²) in [6.45, 7) is 0. The fourth-order valence-corrected chi connectivity index (χ4v) is 0.383. The van der Waals surface area contributed by atoms with Crippen molar-refractivity contribution in [2.24, 2.45) is 0 Å². The fourth-order valence-electron chi connectivity index (χ4n) is 0.383. The van der Waals surface area contributed by atoms with E-state index in [9.17, 15) is 4.79 Å². The van der Waals surface area contributed by atoms with Crippen molar-refractivity contribution in [3.05, 3.63) is 22.7 Å². The predicted octanol–water partition coefficient (Wildman–Crippen LogP) is -7.02. The number of aromatic nitrogens is 2. The summed E-state index contributed by atoms with van der Waals surface area (Å²) in [6, 6.07) is 1.52. The molecule has 0 saturated carbocycles. The second-order valence-electron chi connectivity index (χ2n) is 1.33. The summed E-state index contributed by atoms with van der Waals surface area (Å²) in [7, 11) is 0. The van der Waals surface area contributed by atoms with Gasteiger partial charge in [0.05, 0.1) is 0 Å². The number of halogens is 2. The zero-order valence-electron chi connectivity index (χ0n) is 5.55. The molecule has 0 fully saturated rings. The molecular weight excluding hydrogens is 217 g/mol. The zero-order chi connectivity index (χ0) is 5.98. The molecule has 0 saturated heterocycles. The third-order valence-corrected chi connectivity index (χ3v) is 0.697. The Labute approximate surface area is 106 Å². The van der Waals surface area contributed by atoms with Gasteiger partial charge in [-0.25, -0.2) is 9.78 Å². The van der Waals surface area contributed by atoms with Crippen LogP contribution in [0.1, 0.15) is 0 Å². The van der Waals surface area contributed by atoms with Crippen LogP contribution in [-0.4, -0.2) is 47.7 Å². The Morgan fingerprint density at radius 3 is 2.27 bits per heavy atom. The summed E-state index contributed by atoms with van der Waals surface area (Å²) < 4.78 is 0. The topological polar surface area (TPSA) is 71.8 Å². The van der Waals surface area contributed by atoms with Crippen molar-refractivity contribution in [2.45, 2.75) is 0 Å². The molecule has 1 aromatic heterocycles. The van der Waals surface area contributed by atoms with Crippen molar-refractivity contribution in [1.82, 2.24) is 9.97 Å². The molecule has 3 N–H and O–H groups in total. The van der Waals surface area contributed by atoms with Crippen molar-refractivity contribution in [2.75, 3.05) is 5.73 Å². The number of nitrogen functional groups attached to an aromatic ring is 1. The van der Waals surface area contributed by atoms with Gasteiger partial charge in [-0.05, 0) is 6.07 Å². The van der Waals surface area contributed by atoms with Crippen molar-refractivity contribution in [3.63, 3.8) is 0 Å². The Kier molecular flexibility index (Phi) is 13.8. The van der Waals surface area contributed by atoms with Gasteiger partial charge in [-0.2, -0.15) is 0 Å². The Morgan fingerprint density at radius 2 is 2.00 bits per heavy atom. The molecule has 1 heterocycles. The molecule has 7 heteroatoms. The largest absolute Gasteiger partial charge is 2.00 e. The average molecular weight is 222 g/mol. The van der Waals surface area contributed by atoms with Gasteiger partial charge in [0, 0.05) is 6.20 Å². The van der Waals surface area contributed by atoms with Gasteiger partial charge in [0.1, 0.15) is 5.82 Å². The molecule has 1 aromatic rings. The van der Waals surface area contributed by atoms with E-state index in [1.54, 1.807) is 0 Å². The number of hydrogen-bond donors (Lipinski definition) is 2. The minimum atomic E-state index is -0.412. The van der Waals surface area contributed by atoms with E-state index in [1.807, 2.05) is 0 Å². The standard InChI is InChI=1S/C4H5N3O.Ca.2ClH/c5-3-1-2-6-4(8)7-3;;;/h1-2H,(H3,5,6,7,8);;2*1H/q;+2;;/p-2. The van der Waals surface area contributed by atoms with Gasteiger partial charge in [0.25, 0.3) is 0 Å². The molecule has 0 unspecified atom stereocenters. The van der Waals surface area contributed by atoms with Gasteiger partial charge in [-0.1, -0.05) is 0 Å². The number of aromatic amines is 1. The number of anilines is 1. The van der Waals surface area contributed by atoms with Gasteiger partial charge in [0.15, 0.2) is 0 Å². The Balaban J connectivity index is -0.000000213. The molecule has 0 aliphatic carbocycles. The van der Waals surface area contributed by atoms with E-state index < -0.39 is 5.69 Å². The van der Waals surface area contributed by atoms with Crippen LogP contribution in [0.15, 0.2) is 17.1 Å². The predicted molar refractivity (Wildman–Crippen MR) is 35.0 cm³/mol. The fraction of sp³-hybridized carbons (Fsp3) is 0. The summed E-state index contributed by atoms with van der Waals surface area (Å²) in [5, 5.41) is 0.